The topological polar surface area (TPSA) is 216 Å². The Balaban J connectivity index is 3.65. The van der Waals surface area contributed by atoms with Crippen molar-refractivity contribution in [3.8, 4) is 0 Å². The van der Waals surface area contributed by atoms with Gasteiger partial charge >= 0.3 is 11.9 Å². The summed E-state index contributed by atoms with van der Waals surface area (Å²) in [4.78, 5) is 69.0. The number of Topliss-reactive ketones (excluding diaryl/α,β-unsaturated/α-hetero) is 1. The molecule has 0 aromatic carbocycles. The Bertz CT molecular complexity index is 966. The maximum absolute atomic E-state index is 12.3. The Morgan fingerprint density at radius 1 is 0.481 bits per heavy atom. The first-order valence-corrected chi connectivity index (χ1v) is 19.2. The molecular formula is C37H67N3O12. The molecule has 0 aliphatic carbocycles. The van der Waals surface area contributed by atoms with Crippen LogP contribution in [0.15, 0.2) is 0 Å². The zero-order chi connectivity index (χ0) is 38.5. The summed E-state index contributed by atoms with van der Waals surface area (Å²) in [7, 11) is 0. The van der Waals surface area contributed by atoms with Crippen LogP contribution in [0.2, 0.25) is 0 Å². The van der Waals surface area contributed by atoms with Gasteiger partial charge in [-0.2, -0.15) is 0 Å². The van der Waals surface area contributed by atoms with Crippen LogP contribution >= 0.6 is 0 Å². The van der Waals surface area contributed by atoms with Gasteiger partial charge in [0.2, 0.25) is 17.7 Å². The average molecular weight is 746 g/mol. The van der Waals surface area contributed by atoms with Crippen molar-refractivity contribution in [3.63, 3.8) is 0 Å². The summed E-state index contributed by atoms with van der Waals surface area (Å²) in [6, 6.07) is -1.13. The van der Waals surface area contributed by atoms with E-state index in [1.807, 2.05) is 0 Å². The lowest BCUT2D eigenvalue weighted by Gasteiger charge is -2.14. The van der Waals surface area contributed by atoms with E-state index in [9.17, 15) is 33.9 Å². The van der Waals surface area contributed by atoms with Crippen LogP contribution < -0.4 is 16.0 Å². The summed E-state index contributed by atoms with van der Waals surface area (Å²) < 4.78 is 20.9. The van der Waals surface area contributed by atoms with Crippen molar-refractivity contribution in [1.29, 1.82) is 0 Å². The van der Waals surface area contributed by atoms with E-state index in [2.05, 4.69) is 16.0 Å². The quantitative estimate of drug-likeness (QED) is 0.0566. The van der Waals surface area contributed by atoms with E-state index < -0.39 is 18.0 Å². The van der Waals surface area contributed by atoms with Crippen LogP contribution in [0.1, 0.15) is 129 Å². The lowest BCUT2D eigenvalue weighted by atomic mass is 10.0. The van der Waals surface area contributed by atoms with Crippen molar-refractivity contribution in [3.05, 3.63) is 0 Å². The van der Waals surface area contributed by atoms with E-state index in [1.165, 1.54) is 58.3 Å². The second kappa shape index (κ2) is 36.2. The third kappa shape index (κ3) is 36.6. The third-order valence-corrected chi connectivity index (χ3v) is 8.01. The number of rotatable bonds is 39. The van der Waals surface area contributed by atoms with Crippen LogP contribution in [0.3, 0.4) is 0 Å². The molecule has 0 aliphatic heterocycles. The maximum Gasteiger partial charge on any atom is 0.326 e. The Morgan fingerprint density at radius 2 is 0.904 bits per heavy atom. The number of amides is 3. The second-order valence-electron chi connectivity index (χ2n) is 12.9. The highest BCUT2D eigenvalue weighted by atomic mass is 16.5. The van der Waals surface area contributed by atoms with Gasteiger partial charge in [0.15, 0.2) is 5.78 Å². The number of aliphatic carboxylic acids is 2. The fourth-order valence-electron chi connectivity index (χ4n) is 5.14. The molecule has 0 aromatic rings. The number of nitrogens with one attached hydrogen (secondary N) is 3. The standard InChI is InChI=1S/C37H67N3O12/c1-31(41)29-51-27-25-50-24-22-39-35(44)30-52-28-26-49-23-21-38-33(42)20-19-32(37(47)48)40-34(43)17-15-13-11-9-7-5-3-2-4-6-8-10-12-14-16-18-36(45)46/h32H,2-30H2,1H3,(H,38,42)(H,39,44)(H,40,43)(H,45,46)(H,47,48)/t32-/m1/s1. The van der Waals surface area contributed by atoms with Gasteiger partial charge < -0.3 is 45.1 Å². The van der Waals surface area contributed by atoms with Crippen molar-refractivity contribution in [1.82, 2.24) is 16.0 Å². The molecule has 0 fully saturated rings. The summed E-state index contributed by atoms with van der Waals surface area (Å²) >= 11 is 0. The Morgan fingerprint density at radius 3 is 1.37 bits per heavy atom. The van der Waals surface area contributed by atoms with Crippen molar-refractivity contribution in [2.45, 2.75) is 135 Å². The molecule has 0 aliphatic rings. The highest BCUT2D eigenvalue weighted by Gasteiger charge is 2.20. The van der Waals surface area contributed by atoms with Gasteiger partial charge in [0, 0.05) is 32.4 Å². The maximum atomic E-state index is 12.3. The van der Waals surface area contributed by atoms with Crippen LogP contribution in [0, 0.1) is 0 Å². The molecular weight excluding hydrogens is 678 g/mol. The molecule has 0 rings (SSSR count). The third-order valence-electron chi connectivity index (χ3n) is 8.01. The van der Waals surface area contributed by atoms with Crippen molar-refractivity contribution < 1.29 is 57.9 Å². The van der Waals surface area contributed by atoms with Crippen LogP contribution in [0.5, 0.6) is 0 Å². The summed E-state index contributed by atoms with van der Waals surface area (Å²) in [6.45, 7) is 3.47. The lowest BCUT2D eigenvalue weighted by Crippen LogP contribution is -2.41. The normalized spacial score (nSPS) is 11.6. The van der Waals surface area contributed by atoms with Gasteiger partial charge in [-0.1, -0.05) is 83.5 Å². The van der Waals surface area contributed by atoms with E-state index in [0.717, 1.165) is 38.5 Å². The molecule has 0 saturated heterocycles. The summed E-state index contributed by atoms with van der Waals surface area (Å²) in [5.74, 6) is -2.89. The summed E-state index contributed by atoms with van der Waals surface area (Å²) in [5, 5.41) is 25.9. The average Bonchev–Trinajstić information content (AvgIpc) is 3.09. The monoisotopic (exact) mass is 745 g/mol. The van der Waals surface area contributed by atoms with Crippen molar-refractivity contribution >= 4 is 35.4 Å². The number of hydrogen-bond donors (Lipinski definition) is 5. The van der Waals surface area contributed by atoms with Crippen molar-refractivity contribution in [2.24, 2.45) is 0 Å². The molecule has 0 spiro atoms. The molecule has 1 atom stereocenters. The molecule has 0 heterocycles. The first-order valence-electron chi connectivity index (χ1n) is 19.2. The SMILES string of the molecule is CC(=O)COCCOCCNC(=O)COCCOCCNC(=O)CC[C@@H](NC(=O)CCCCCCCCCCCCCCCCCC(=O)O)C(=O)O. The van der Waals surface area contributed by atoms with Crippen molar-refractivity contribution in [2.75, 3.05) is 65.9 Å². The van der Waals surface area contributed by atoms with Crippen LogP contribution in [0.25, 0.3) is 0 Å². The molecule has 0 aromatic heterocycles. The second-order valence-corrected chi connectivity index (χ2v) is 12.9. The van der Waals surface area contributed by atoms with Gasteiger partial charge in [-0.05, 0) is 26.2 Å². The van der Waals surface area contributed by atoms with E-state index in [-0.39, 0.29) is 88.8 Å². The number of carbonyl (C=O) groups excluding carboxylic acids is 4. The van der Waals surface area contributed by atoms with E-state index in [0.29, 0.717) is 32.8 Å². The molecule has 15 nitrogen and oxygen atoms in total. The Labute approximate surface area is 310 Å². The highest BCUT2D eigenvalue weighted by Crippen LogP contribution is 2.14. The van der Waals surface area contributed by atoms with Gasteiger partial charge in [0.25, 0.3) is 0 Å². The minimum Gasteiger partial charge on any atom is -0.481 e. The fraction of sp³-hybridized carbons (Fsp3) is 0.838. The number of hydrogen-bond acceptors (Lipinski definition) is 10. The zero-order valence-corrected chi connectivity index (χ0v) is 31.6. The van der Waals surface area contributed by atoms with E-state index in [1.54, 1.807) is 0 Å². The number of ether oxygens (including phenoxy) is 4. The Kier molecular flexibility index (Phi) is 34.0. The lowest BCUT2D eigenvalue weighted by molar-refractivity contribution is -0.142. The van der Waals surface area contributed by atoms with Gasteiger partial charge in [-0.3, -0.25) is 24.0 Å². The molecule has 15 heteroatoms. The number of carboxylic acids is 2. The van der Waals surface area contributed by atoms with E-state index in [4.69, 9.17) is 24.1 Å². The highest BCUT2D eigenvalue weighted by molar-refractivity contribution is 5.84. The molecule has 5 N–H and O–H groups in total. The van der Waals surface area contributed by atoms with Crippen LogP contribution in [0.4, 0.5) is 0 Å². The zero-order valence-electron chi connectivity index (χ0n) is 31.6. The van der Waals surface area contributed by atoms with E-state index >= 15 is 0 Å². The van der Waals surface area contributed by atoms with Gasteiger partial charge in [-0.25, -0.2) is 4.79 Å². The van der Waals surface area contributed by atoms with Gasteiger partial charge in [0.1, 0.15) is 19.3 Å². The number of unbranched alkanes of at least 4 members (excludes halogenated alkanes) is 14. The smallest absolute Gasteiger partial charge is 0.326 e. The number of ketones is 1. The molecule has 0 radical (unpaired) electrons. The van der Waals surface area contributed by atoms with Gasteiger partial charge in [-0.15, -0.1) is 0 Å². The predicted molar refractivity (Wildman–Crippen MR) is 195 cm³/mol. The molecule has 52 heavy (non-hydrogen) atoms. The van der Waals surface area contributed by atoms with Crippen LogP contribution in [-0.2, 0) is 47.7 Å². The molecule has 0 saturated carbocycles. The molecule has 302 valence electrons. The summed E-state index contributed by atoms with van der Waals surface area (Å²) in [6.07, 6.45) is 17.0. The first kappa shape index (κ1) is 48.9. The number of carbonyl (C=O) groups is 6. The molecule has 0 bridgehead atoms. The first-order chi connectivity index (χ1) is 25.1. The minimum absolute atomic E-state index is 0.0140. The summed E-state index contributed by atoms with van der Waals surface area (Å²) in [5.41, 5.74) is 0. The van der Waals surface area contributed by atoms with Gasteiger partial charge in [0.05, 0.1) is 39.6 Å². The molecule has 0 unspecified atom stereocenters. The molecule has 3 amide bonds. The number of carboxylic acid groups (broad SMARTS) is 2. The Hall–Kier alpha value is -3.14. The minimum atomic E-state index is -1.17. The predicted octanol–water partition coefficient (Wildman–Crippen LogP) is 3.94. The van der Waals surface area contributed by atoms with Crippen LogP contribution in [-0.4, -0.2) is 118 Å². The fourth-order valence-corrected chi connectivity index (χ4v) is 5.14. The largest absolute Gasteiger partial charge is 0.481 e.